The number of aryl methyl sites for hydroxylation is 2. The molecule has 6 rings (SSSR count). The van der Waals surface area contributed by atoms with Gasteiger partial charge in [-0.3, -0.25) is 0 Å². The van der Waals surface area contributed by atoms with Gasteiger partial charge in [-0.1, -0.05) is 99.5 Å². The van der Waals surface area contributed by atoms with Crippen molar-refractivity contribution in [2.75, 3.05) is 0 Å². The summed E-state index contributed by atoms with van der Waals surface area (Å²) in [6, 6.07) is 40.8. The zero-order valence-corrected chi connectivity index (χ0v) is 28.4. The second kappa shape index (κ2) is 12.6. The second-order valence-electron chi connectivity index (χ2n) is 10.8. The molecule has 0 amide bonds. The third kappa shape index (κ3) is 5.34. The van der Waals surface area contributed by atoms with Crippen LogP contribution >= 0.6 is 0 Å². The molecule has 6 aromatic carbocycles. The van der Waals surface area contributed by atoms with Crippen LogP contribution in [0.1, 0.15) is 49.9 Å². The minimum Gasteiger partial charge on any atom is -0.358 e. The van der Waals surface area contributed by atoms with Crippen molar-refractivity contribution in [1.82, 2.24) is 0 Å². The zero-order chi connectivity index (χ0) is 25.6. The predicted octanol–water partition coefficient (Wildman–Crippen LogP) is 11.1. The van der Waals surface area contributed by atoms with Crippen molar-refractivity contribution < 1.29 is 25.8 Å². The van der Waals surface area contributed by atoms with Crippen molar-refractivity contribution in [2.24, 2.45) is 0 Å². The van der Waals surface area contributed by atoms with Gasteiger partial charge in [-0.15, -0.1) is 69.1 Å². The van der Waals surface area contributed by atoms with E-state index in [1.165, 1.54) is 66.1 Å². The molecule has 0 bridgehead atoms. The number of rotatable bonds is 6. The molecule has 0 unspecified atom stereocenters. The quantitative estimate of drug-likeness (QED) is 0.121. The molecule has 0 N–H and O–H groups in total. The first kappa shape index (κ1) is 31.5. The molecule has 0 aromatic heterocycles. The van der Waals surface area contributed by atoms with Crippen LogP contribution in [0.25, 0.3) is 43.8 Å². The summed E-state index contributed by atoms with van der Waals surface area (Å²) in [7, 11) is 0. The Morgan fingerprint density at radius 1 is 0.525 bits per heavy atom. The van der Waals surface area contributed by atoms with E-state index in [-0.39, 0.29) is 46.1 Å². The van der Waals surface area contributed by atoms with E-state index in [0.29, 0.717) is 0 Å². The van der Waals surface area contributed by atoms with Crippen molar-refractivity contribution in [2.45, 2.75) is 46.0 Å². The van der Waals surface area contributed by atoms with E-state index in [1.54, 1.807) is 0 Å². The Balaban J connectivity index is 0.00000147. The minimum absolute atomic E-state index is 0. The van der Waals surface area contributed by atoms with E-state index >= 15 is 0 Å². The Morgan fingerprint density at radius 2 is 0.900 bits per heavy atom. The van der Waals surface area contributed by atoms with Gasteiger partial charge in [0.25, 0.3) is 0 Å². The van der Waals surface area contributed by atoms with E-state index in [9.17, 15) is 0 Å². The van der Waals surface area contributed by atoms with Gasteiger partial charge in [-0.25, -0.2) is 0 Å². The van der Waals surface area contributed by atoms with Gasteiger partial charge >= 0.3 is 25.8 Å². The molecule has 0 spiro atoms. The summed E-state index contributed by atoms with van der Waals surface area (Å²) in [5.74, 6) is 0. The van der Waals surface area contributed by atoms with Crippen molar-refractivity contribution >= 4 is 21.5 Å². The van der Waals surface area contributed by atoms with Gasteiger partial charge in [-0.05, 0) is 40.5 Å². The summed E-state index contributed by atoms with van der Waals surface area (Å²) in [4.78, 5) is 0. The molecule has 1 heteroatoms. The summed E-state index contributed by atoms with van der Waals surface area (Å²) >= 11 is 0. The Morgan fingerprint density at radius 3 is 1.30 bits per heavy atom. The molecule has 0 aliphatic heterocycles. The Hall–Kier alpha value is -3.03. The van der Waals surface area contributed by atoms with E-state index in [1.807, 2.05) is 0 Å². The van der Waals surface area contributed by atoms with Gasteiger partial charge in [0.1, 0.15) is 0 Å². The fraction of sp³-hybridized carbons (Fsp3) is 0.179. The number of fused-ring (bicyclic) bond motifs is 2. The van der Waals surface area contributed by atoms with Crippen molar-refractivity contribution in [3.63, 3.8) is 0 Å². The number of benzene rings is 4. The monoisotopic (exact) mass is 688 g/mol. The Bertz CT molecular complexity index is 1600. The van der Waals surface area contributed by atoms with Gasteiger partial charge in [-0.2, -0.15) is 12.1 Å². The molecule has 6 aromatic rings. The molecule has 0 nitrogen and oxygen atoms in total. The number of hydrogen-bond donors (Lipinski definition) is 0. The summed E-state index contributed by atoms with van der Waals surface area (Å²) < 4.78 is 0. The summed E-state index contributed by atoms with van der Waals surface area (Å²) in [5, 5.41) is 5.33. The Kier molecular flexibility index (Phi) is 9.96. The number of hydrogen-bond acceptors (Lipinski definition) is 0. The first-order chi connectivity index (χ1) is 18.0. The smallest absolute Gasteiger partial charge is 0.358 e. The van der Waals surface area contributed by atoms with Crippen LogP contribution < -0.4 is 0 Å². The molecule has 200 valence electrons. The molecule has 0 fully saturated rings. The van der Waals surface area contributed by atoms with Crippen LogP contribution in [-0.2, 0) is 44.1 Å². The van der Waals surface area contributed by atoms with Crippen LogP contribution in [0.15, 0.2) is 109 Å². The molecular formula is C39H40Hf. The molecule has 0 radical (unpaired) electrons. The molecule has 0 aliphatic rings. The molecule has 0 aliphatic carbocycles. The first-order valence-electron chi connectivity index (χ1n) is 13.6. The fourth-order valence-corrected chi connectivity index (χ4v) is 6.01. The third-order valence-electron chi connectivity index (χ3n) is 8.32. The van der Waals surface area contributed by atoms with Crippen molar-refractivity contribution in [1.29, 1.82) is 0 Å². The van der Waals surface area contributed by atoms with Crippen LogP contribution in [0.4, 0.5) is 0 Å². The maximum absolute atomic E-state index is 2.43. The molecule has 0 saturated carbocycles. The summed E-state index contributed by atoms with van der Waals surface area (Å²) in [5.41, 5.74) is 10.8. The normalized spacial score (nSPS) is 11.1. The van der Waals surface area contributed by atoms with Crippen molar-refractivity contribution in [3.05, 3.63) is 146 Å². The van der Waals surface area contributed by atoms with Gasteiger partial charge in [0.15, 0.2) is 0 Å². The topological polar surface area (TPSA) is 0 Å². The van der Waals surface area contributed by atoms with E-state index in [2.05, 4.69) is 137 Å². The van der Waals surface area contributed by atoms with Gasteiger partial charge < -0.3 is 14.9 Å². The van der Waals surface area contributed by atoms with E-state index < -0.39 is 0 Å². The average molecular weight is 687 g/mol. The molecule has 0 heterocycles. The van der Waals surface area contributed by atoms with Crippen LogP contribution in [0, 0.1) is 14.9 Å². The fourth-order valence-electron chi connectivity index (χ4n) is 6.01. The average Bonchev–Trinajstić information content (AvgIpc) is 3.58. The van der Waals surface area contributed by atoms with Crippen LogP contribution in [0.5, 0.6) is 0 Å². The maximum Gasteiger partial charge on any atom is 4.00 e. The second-order valence-corrected chi connectivity index (χ2v) is 10.8. The van der Waals surface area contributed by atoms with Crippen molar-refractivity contribution in [3.8, 4) is 22.3 Å². The van der Waals surface area contributed by atoms with Crippen LogP contribution in [-0.4, -0.2) is 0 Å². The van der Waals surface area contributed by atoms with E-state index in [4.69, 9.17) is 0 Å². The molecular weight excluding hydrogens is 647 g/mol. The molecule has 0 atom stereocenters. The SMILES string of the molecule is CCc1ccccc1-c1cccc2[cH-]c(C(C)(C)c3cc4c(-c5ccccc5CC)cccc4[cH-]3)cc12.[CH3-].[CH3-].[Hf+4]. The van der Waals surface area contributed by atoms with Gasteiger partial charge in [0, 0.05) is 0 Å². The summed E-state index contributed by atoms with van der Waals surface area (Å²) in [6.07, 6.45) is 2.07. The van der Waals surface area contributed by atoms with Crippen LogP contribution in [0.3, 0.4) is 0 Å². The van der Waals surface area contributed by atoms with Gasteiger partial charge in [0.05, 0.1) is 0 Å². The first-order valence-corrected chi connectivity index (χ1v) is 13.6. The van der Waals surface area contributed by atoms with Crippen LogP contribution in [0.2, 0.25) is 0 Å². The third-order valence-corrected chi connectivity index (χ3v) is 8.32. The minimum atomic E-state index is -0.110. The van der Waals surface area contributed by atoms with E-state index in [0.717, 1.165) is 12.8 Å². The largest absolute Gasteiger partial charge is 4.00 e. The van der Waals surface area contributed by atoms with Gasteiger partial charge in [0.2, 0.25) is 0 Å². The maximum atomic E-state index is 2.43. The molecule has 40 heavy (non-hydrogen) atoms. The Labute approximate surface area is 260 Å². The zero-order valence-electron chi connectivity index (χ0n) is 24.8. The summed E-state index contributed by atoms with van der Waals surface area (Å²) in [6.45, 7) is 9.22. The molecule has 0 saturated heterocycles. The predicted molar refractivity (Wildman–Crippen MR) is 174 cm³/mol. The standard InChI is InChI=1S/C37H34.2CH3.Hf/c1-5-25-13-7-9-17-31(25)33-19-11-15-27-21-29(23-35(27)33)37(3,4)30-22-28-16-12-20-34(36(28)24-30)32-18-10-8-14-26(32)6-2;;;/h7-24H,5-6H2,1-4H3;2*1H3;/q-2;2*-1;+4.